The number of rotatable bonds is 6. The highest BCUT2D eigenvalue weighted by molar-refractivity contribution is 5.59. The van der Waals surface area contributed by atoms with Crippen molar-refractivity contribution in [1.29, 1.82) is 0 Å². The molecule has 5 nitrogen and oxygen atoms in total. The summed E-state index contributed by atoms with van der Waals surface area (Å²) in [5.74, 6) is 1.50. The van der Waals surface area contributed by atoms with Crippen molar-refractivity contribution < 1.29 is 19.0 Å². The second-order valence-electron chi connectivity index (χ2n) is 9.08. The van der Waals surface area contributed by atoms with Crippen molar-refractivity contribution in [2.24, 2.45) is 5.92 Å². The van der Waals surface area contributed by atoms with Crippen LogP contribution in [0.3, 0.4) is 0 Å². The molecule has 2 bridgehead atoms. The van der Waals surface area contributed by atoms with Crippen LogP contribution in [-0.2, 0) is 27.7 Å². The van der Waals surface area contributed by atoms with Crippen molar-refractivity contribution in [3.63, 3.8) is 0 Å². The van der Waals surface area contributed by atoms with Crippen molar-refractivity contribution in [3.8, 4) is 5.75 Å². The Morgan fingerprint density at radius 2 is 1.97 bits per heavy atom. The fourth-order valence-corrected chi connectivity index (χ4v) is 6.08. The highest BCUT2D eigenvalue weighted by Gasteiger charge is 2.51. The van der Waals surface area contributed by atoms with Gasteiger partial charge < -0.3 is 19.5 Å². The number of carbonyl (C=O) groups excluding carboxylic acids is 1. The van der Waals surface area contributed by atoms with E-state index in [0.29, 0.717) is 24.5 Å². The summed E-state index contributed by atoms with van der Waals surface area (Å²) in [5, 5.41) is 3.77. The van der Waals surface area contributed by atoms with Crippen LogP contribution in [0.1, 0.15) is 48.8 Å². The first-order chi connectivity index (χ1) is 15.2. The summed E-state index contributed by atoms with van der Waals surface area (Å²) >= 11 is 0. The highest BCUT2D eigenvalue weighted by Crippen LogP contribution is 2.54. The molecule has 31 heavy (non-hydrogen) atoms. The van der Waals surface area contributed by atoms with Crippen LogP contribution in [0.5, 0.6) is 5.75 Å². The normalized spacial score (nSPS) is 26.3. The Labute approximate surface area is 184 Å². The molecule has 1 N–H and O–H groups in total. The molecule has 0 radical (unpaired) electrons. The topological polar surface area (TPSA) is 56.8 Å². The van der Waals surface area contributed by atoms with Gasteiger partial charge in [-0.25, -0.2) is 4.79 Å². The molecule has 2 aromatic rings. The second-order valence-corrected chi connectivity index (χ2v) is 9.08. The Bertz CT molecular complexity index is 911. The molecule has 3 atom stereocenters. The molecular formula is C26H31NO4. The van der Waals surface area contributed by atoms with Crippen molar-refractivity contribution in [1.82, 2.24) is 5.32 Å². The average molecular weight is 422 g/mol. The lowest BCUT2D eigenvalue weighted by Gasteiger charge is -2.56. The summed E-state index contributed by atoms with van der Waals surface area (Å²) in [6.45, 7) is 1.26. The molecular weight excluding hydrogens is 390 g/mol. The summed E-state index contributed by atoms with van der Waals surface area (Å²) in [5.41, 5.74) is 4.33. The summed E-state index contributed by atoms with van der Waals surface area (Å²) in [4.78, 5) is 11.9. The molecule has 2 aromatic carbocycles. The highest BCUT2D eigenvalue weighted by atomic mass is 16.8. The van der Waals surface area contributed by atoms with Crippen molar-refractivity contribution in [2.75, 3.05) is 19.9 Å². The predicted octanol–water partition coefficient (Wildman–Crippen LogP) is 4.76. The SMILES string of the molecule is O=C(OCCc1ccccc1)OCOc1ccc2c(c1)[C@]13CCCC[C@@H]1[C@@H](C2)NCC3. The molecule has 3 aliphatic rings. The Hall–Kier alpha value is -2.53. The maximum atomic E-state index is 11.9. The maximum Gasteiger partial charge on any atom is 0.511 e. The first-order valence-electron chi connectivity index (χ1n) is 11.6. The van der Waals surface area contributed by atoms with E-state index in [1.807, 2.05) is 36.4 Å². The van der Waals surface area contributed by atoms with Crippen molar-refractivity contribution in [3.05, 3.63) is 65.2 Å². The lowest BCUT2D eigenvalue weighted by atomic mass is 9.53. The van der Waals surface area contributed by atoms with E-state index in [4.69, 9.17) is 14.2 Å². The molecule has 2 aliphatic carbocycles. The monoisotopic (exact) mass is 421 g/mol. The molecule has 0 aromatic heterocycles. The second kappa shape index (κ2) is 8.91. The maximum absolute atomic E-state index is 11.9. The summed E-state index contributed by atoms with van der Waals surface area (Å²) in [7, 11) is 0. The zero-order valence-electron chi connectivity index (χ0n) is 18.0. The summed E-state index contributed by atoms with van der Waals surface area (Å²) in [6, 6.07) is 16.9. The van der Waals surface area contributed by atoms with Gasteiger partial charge in [0, 0.05) is 17.9 Å². The zero-order chi connectivity index (χ0) is 21.1. The van der Waals surface area contributed by atoms with Gasteiger partial charge in [-0.3, -0.25) is 0 Å². The van der Waals surface area contributed by atoms with Gasteiger partial charge in [-0.2, -0.15) is 0 Å². The number of hydrogen-bond donors (Lipinski definition) is 1. The van der Waals surface area contributed by atoms with E-state index in [2.05, 4.69) is 17.4 Å². The molecule has 164 valence electrons. The molecule has 0 amide bonds. The number of ether oxygens (including phenoxy) is 3. The van der Waals surface area contributed by atoms with E-state index >= 15 is 0 Å². The van der Waals surface area contributed by atoms with Crippen LogP contribution in [0, 0.1) is 5.92 Å². The fourth-order valence-electron chi connectivity index (χ4n) is 6.08. The van der Waals surface area contributed by atoms with Crippen LogP contribution in [0.15, 0.2) is 48.5 Å². The lowest BCUT2D eigenvalue weighted by Crippen LogP contribution is -2.59. The van der Waals surface area contributed by atoms with Crippen molar-refractivity contribution >= 4 is 6.16 Å². The van der Waals surface area contributed by atoms with Gasteiger partial charge in [0.25, 0.3) is 0 Å². The van der Waals surface area contributed by atoms with Gasteiger partial charge in [0.15, 0.2) is 0 Å². The largest absolute Gasteiger partial charge is 0.511 e. The van der Waals surface area contributed by atoms with Gasteiger partial charge in [-0.1, -0.05) is 49.2 Å². The summed E-state index contributed by atoms with van der Waals surface area (Å²) in [6.07, 6.45) is 7.53. The van der Waals surface area contributed by atoms with Crippen LogP contribution < -0.4 is 10.1 Å². The van der Waals surface area contributed by atoms with E-state index in [-0.39, 0.29) is 6.79 Å². The van der Waals surface area contributed by atoms with Gasteiger partial charge in [-0.15, -0.1) is 0 Å². The minimum absolute atomic E-state index is 0.135. The quantitative estimate of drug-likeness (QED) is 0.538. The first-order valence-corrected chi connectivity index (χ1v) is 11.6. The molecule has 5 rings (SSSR count). The van der Waals surface area contributed by atoms with Crippen LogP contribution in [0.25, 0.3) is 0 Å². The first kappa shape index (κ1) is 20.4. The minimum Gasteiger partial charge on any atom is -0.457 e. The Balaban J connectivity index is 1.17. The molecule has 1 aliphatic heterocycles. The molecule has 1 heterocycles. The number of carbonyl (C=O) groups is 1. The zero-order valence-corrected chi connectivity index (χ0v) is 18.0. The van der Waals surface area contributed by atoms with E-state index in [0.717, 1.165) is 30.2 Å². The van der Waals surface area contributed by atoms with E-state index < -0.39 is 6.16 Å². The molecule has 5 heteroatoms. The minimum atomic E-state index is -0.693. The fraction of sp³-hybridized carbons (Fsp3) is 0.500. The predicted molar refractivity (Wildman–Crippen MR) is 118 cm³/mol. The number of hydrogen-bond acceptors (Lipinski definition) is 5. The van der Waals surface area contributed by atoms with Crippen LogP contribution in [0.4, 0.5) is 4.79 Å². The van der Waals surface area contributed by atoms with Crippen molar-refractivity contribution in [2.45, 2.75) is 56.4 Å². The van der Waals surface area contributed by atoms with E-state index in [1.54, 1.807) is 0 Å². The van der Waals surface area contributed by atoms with Crippen LogP contribution >= 0.6 is 0 Å². The molecule has 0 spiro atoms. The van der Waals surface area contributed by atoms with E-state index in [1.165, 1.54) is 43.2 Å². The third-order valence-electron chi connectivity index (χ3n) is 7.47. The molecule has 1 saturated carbocycles. The Morgan fingerprint density at radius 1 is 1.06 bits per heavy atom. The Morgan fingerprint density at radius 3 is 2.87 bits per heavy atom. The van der Waals surface area contributed by atoms with Crippen LogP contribution in [-0.4, -0.2) is 32.1 Å². The van der Waals surface area contributed by atoms with E-state index in [9.17, 15) is 4.79 Å². The third-order valence-corrected chi connectivity index (χ3v) is 7.47. The molecule has 0 unspecified atom stereocenters. The molecule has 2 fully saturated rings. The average Bonchev–Trinajstić information content (AvgIpc) is 2.80. The Kier molecular flexibility index (Phi) is 5.86. The summed E-state index contributed by atoms with van der Waals surface area (Å²) < 4.78 is 16.1. The molecule has 1 saturated heterocycles. The smallest absolute Gasteiger partial charge is 0.457 e. The van der Waals surface area contributed by atoms with Gasteiger partial charge in [0.05, 0.1) is 6.61 Å². The van der Waals surface area contributed by atoms with Gasteiger partial charge in [0.1, 0.15) is 5.75 Å². The third kappa shape index (κ3) is 4.16. The number of benzene rings is 2. The van der Waals surface area contributed by atoms with Gasteiger partial charge in [-0.05, 0) is 67.0 Å². The lowest BCUT2D eigenvalue weighted by molar-refractivity contribution is 0.00490. The van der Waals surface area contributed by atoms with Gasteiger partial charge >= 0.3 is 6.16 Å². The van der Waals surface area contributed by atoms with Gasteiger partial charge in [0.2, 0.25) is 6.79 Å². The van der Waals surface area contributed by atoms with Crippen LogP contribution in [0.2, 0.25) is 0 Å². The number of fused-ring (bicyclic) bond motifs is 1. The number of nitrogens with one attached hydrogen (secondary N) is 1. The standard InChI is InChI=1S/C26H31NO4/c28-25(29-15-11-19-6-2-1-3-7-19)31-18-30-21-10-9-20-16-24-22-8-4-5-12-26(22,13-14-27-24)23(20)17-21/h1-3,6-7,9-10,17,22,24,27H,4-5,8,11-16,18H2/t22-,24-,26+/m1/s1. The number of piperidine rings is 1.